The van der Waals surface area contributed by atoms with Crippen LogP contribution >= 0.6 is 23.4 Å². The molecule has 0 aliphatic carbocycles. The second kappa shape index (κ2) is 4.79. The summed E-state index contributed by atoms with van der Waals surface area (Å²) in [6.45, 7) is 1.88. The van der Waals surface area contributed by atoms with Crippen molar-refractivity contribution in [1.82, 2.24) is 9.97 Å². The van der Waals surface area contributed by atoms with Crippen molar-refractivity contribution in [2.45, 2.75) is 24.6 Å². The highest BCUT2D eigenvalue weighted by Crippen LogP contribution is 2.24. The molecule has 0 saturated heterocycles. The topological polar surface area (TPSA) is 46.0 Å². The Bertz CT molecular complexity index is 295. The van der Waals surface area contributed by atoms with Crippen LogP contribution in [0.3, 0.4) is 0 Å². The second-order valence-electron chi connectivity index (χ2n) is 2.53. The fourth-order valence-corrected chi connectivity index (χ4v) is 1.54. The van der Waals surface area contributed by atoms with Crippen molar-refractivity contribution in [2.24, 2.45) is 0 Å². The Balaban J connectivity index is 2.98. The first-order valence-electron chi connectivity index (χ1n) is 3.93. The number of hydrogen-bond donors (Lipinski definition) is 1. The molecular weight excluding hydrogens is 208 g/mol. The lowest BCUT2D eigenvalue weighted by atomic mass is 10.1. The number of aliphatic hydroxyl groups is 1. The van der Waals surface area contributed by atoms with Gasteiger partial charge < -0.3 is 5.11 Å². The van der Waals surface area contributed by atoms with Gasteiger partial charge in [-0.3, -0.25) is 0 Å². The van der Waals surface area contributed by atoms with E-state index in [1.165, 1.54) is 11.8 Å². The molecule has 0 amide bonds. The van der Waals surface area contributed by atoms with Gasteiger partial charge in [0.15, 0.2) is 5.16 Å². The van der Waals surface area contributed by atoms with Crippen molar-refractivity contribution < 1.29 is 5.11 Å². The van der Waals surface area contributed by atoms with Crippen molar-refractivity contribution >= 4 is 23.4 Å². The number of nitrogens with zero attached hydrogens (tertiary/aromatic N) is 2. The van der Waals surface area contributed by atoms with Crippen LogP contribution in [0.25, 0.3) is 0 Å². The maximum absolute atomic E-state index is 9.50. The monoisotopic (exact) mass is 218 g/mol. The quantitative estimate of drug-likeness (QED) is 0.481. The van der Waals surface area contributed by atoms with E-state index >= 15 is 0 Å². The van der Waals surface area contributed by atoms with Crippen LogP contribution in [-0.2, 0) is 0 Å². The Morgan fingerprint density at radius 1 is 1.69 bits per heavy atom. The SMILES string of the molecule is CCC(O)c1cnc(SC)nc1Cl. The van der Waals surface area contributed by atoms with E-state index in [0.29, 0.717) is 22.3 Å². The summed E-state index contributed by atoms with van der Waals surface area (Å²) in [4.78, 5) is 8.05. The zero-order chi connectivity index (χ0) is 9.84. The van der Waals surface area contributed by atoms with E-state index in [1.807, 2.05) is 13.2 Å². The summed E-state index contributed by atoms with van der Waals surface area (Å²) in [7, 11) is 0. The molecule has 0 fully saturated rings. The van der Waals surface area contributed by atoms with E-state index < -0.39 is 6.10 Å². The lowest BCUT2D eigenvalue weighted by Gasteiger charge is -2.08. The molecule has 1 rings (SSSR count). The lowest BCUT2D eigenvalue weighted by Crippen LogP contribution is -2.00. The predicted molar refractivity (Wildman–Crippen MR) is 54.1 cm³/mol. The lowest BCUT2D eigenvalue weighted by molar-refractivity contribution is 0.172. The molecule has 5 heteroatoms. The van der Waals surface area contributed by atoms with Crippen molar-refractivity contribution in [3.63, 3.8) is 0 Å². The molecule has 0 bridgehead atoms. The van der Waals surface area contributed by atoms with Crippen molar-refractivity contribution in [2.75, 3.05) is 6.26 Å². The van der Waals surface area contributed by atoms with Crippen LogP contribution in [0.5, 0.6) is 0 Å². The third-order valence-corrected chi connectivity index (χ3v) is 2.54. The number of rotatable bonds is 3. The average molecular weight is 219 g/mol. The van der Waals surface area contributed by atoms with Gasteiger partial charge in [0.1, 0.15) is 5.15 Å². The first-order valence-corrected chi connectivity index (χ1v) is 5.53. The third kappa shape index (κ3) is 2.56. The Hall–Kier alpha value is -0.320. The molecule has 1 aromatic rings. The van der Waals surface area contributed by atoms with Crippen LogP contribution in [0.15, 0.2) is 11.4 Å². The van der Waals surface area contributed by atoms with Crippen LogP contribution < -0.4 is 0 Å². The first-order chi connectivity index (χ1) is 6.19. The molecule has 72 valence electrons. The minimum Gasteiger partial charge on any atom is -0.388 e. The van der Waals surface area contributed by atoms with Crippen LogP contribution in [-0.4, -0.2) is 21.3 Å². The van der Waals surface area contributed by atoms with Gasteiger partial charge in [-0.05, 0) is 12.7 Å². The minimum atomic E-state index is -0.566. The average Bonchev–Trinajstić information content (AvgIpc) is 2.16. The fourth-order valence-electron chi connectivity index (χ4n) is 0.897. The van der Waals surface area contributed by atoms with Gasteiger partial charge >= 0.3 is 0 Å². The summed E-state index contributed by atoms with van der Waals surface area (Å²) < 4.78 is 0. The van der Waals surface area contributed by atoms with Gasteiger partial charge in [-0.15, -0.1) is 0 Å². The number of thioether (sulfide) groups is 1. The van der Waals surface area contributed by atoms with E-state index in [0.717, 1.165) is 0 Å². The summed E-state index contributed by atoms with van der Waals surface area (Å²) in [6, 6.07) is 0. The normalized spacial score (nSPS) is 12.9. The minimum absolute atomic E-state index is 0.341. The summed E-state index contributed by atoms with van der Waals surface area (Å²) >= 11 is 7.28. The van der Waals surface area contributed by atoms with E-state index in [1.54, 1.807) is 6.20 Å². The van der Waals surface area contributed by atoms with E-state index in [9.17, 15) is 5.11 Å². The zero-order valence-corrected chi connectivity index (χ0v) is 9.06. The number of aliphatic hydroxyl groups excluding tert-OH is 1. The summed E-state index contributed by atoms with van der Waals surface area (Å²) in [5.74, 6) is 0. The molecule has 0 saturated carbocycles. The smallest absolute Gasteiger partial charge is 0.188 e. The maximum atomic E-state index is 9.50. The Kier molecular flexibility index (Phi) is 3.96. The highest BCUT2D eigenvalue weighted by molar-refractivity contribution is 7.98. The maximum Gasteiger partial charge on any atom is 0.188 e. The molecule has 1 heterocycles. The van der Waals surface area contributed by atoms with Gasteiger partial charge in [0.2, 0.25) is 0 Å². The number of halogens is 1. The molecule has 3 nitrogen and oxygen atoms in total. The van der Waals surface area contributed by atoms with Gasteiger partial charge in [0, 0.05) is 11.8 Å². The summed E-state index contributed by atoms with van der Waals surface area (Å²) in [6.07, 6.45) is 3.50. The molecule has 1 aromatic heterocycles. The second-order valence-corrected chi connectivity index (χ2v) is 3.66. The molecular formula is C8H11ClN2OS. The molecule has 1 unspecified atom stereocenters. The molecule has 1 N–H and O–H groups in total. The summed E-state index contributed by atoms with van der Waals surface area (Å²) in [5, 5.41) is 10.5. The Morgan fingerprint density at radius 2 is 2.38 bits per heavy atom. The van der Waals surface area contributed by atoms with Crippen molar-refractivity contribution in [3.8, 4) is 0 Å². The van der Waals surface area contributed by atoms with Crippen LogP contribution in [0.4, 0.5) is 0 Å². The van der Waals surface area contributed by atoms with Crippen LogP contribution in [0.2, 0.25) is 5.15 Å². The van der Waals surface area contributed by atoms with Crippen LogP contribution in [0, 0.1) is 0 Å². The Labute approximate surface area is 86.6 Å². The summed E-state index contributed by atoms with van der Waals surface area (Å²) in [5.41, 5.74) is 0.599. The highest BCUT2D eigenvalue weighted by Gasteiger charge is 2.11. The third-order valence-electron chi connectivity index (χ3n) is 1.67. The first kappa shape index (κ1) is 10.8. The number of hydrogen-bond acceptors (Lipinski definition) is 4. The molecule has 0 radical (unpaired) electrons. The van der Waals surface area contributed by atoms with Gasteiger partial charge in [-0.2, -0.15) is 0 Å². The molecule has 1 atom stereocenters. The highest BCUT2D eigenvalue weighted by atomic mass is 35.5. The molecule has 13 heavy (non-hydrogen) atoms. The van der Waals surface area contributed by atoms with E-state index in [-0.39, 0.29) is 0 Å². The predicted octanol–water partition coefficient (Wildman–Crippen LogP) is 2.30. The van der Waals surface area contributed by atoms with Gasteiger partial charge in [-0.1, -0.05) is 30.3 Å². The standard InChI is InChI=1S/C8H11ClN2OS/c1-3-6(12)5-4-10-8(13-2)11-7(5)9/h4,6,12H,3H2,1-2H3. The van der Waals surface area contributed by atoms with Gasteiger partial charge in [0.25, 0.3) is 0 Å². The van der Waals surface area contributed by atoms with Crippen LogP contribution in [0.1, 0.15) is 25.0 Å². The van der Waals surface area contributed by atoms with E-state index in [4.69, 9.17) is 11.6 Å². The molecule has 0 aromatic carbocycles. The molecule has 0 spiro atoms. The van der Waals surface area contributed by atoms with Gasteiger partial charge in [-0.25, -0.2) is 9.97 Å². The molecule has 0 aliphatic heterocycles. The van der Waals surface area contributed by atoms with Gasteiger partial charge in [0.05, 0.1) is 6.10 Å². The molecule has 0 aliphatic rings. The Morgan fingerprint density at radius 3 is 2.85 bits per heavy atom. The van der Waals surface area contributed by atoms with Crippen molar-refractivity contribution in [3.05, 3.63) is 16.9 Å². The number of aromatic nitrogens is 2. The zero-order valence-electron chi connectivity index (χ0n) is 7.49. The largest absolute Gasteiger partial charge is 0.388 e. The van der Waals surface area contributed by atoms with Crippen molar-refractivity contribution in [1.29, 1.82) is 0 Å². The fraction of sp³-hybridized carbons (Fsp3) is 0.500. The van der Waals surface area contributed by atoms with E-state index in [2.05, 4.69) is 9.97 Å².